The number of pyridine rings is 1. The van der Waals surface area contributed by atoms with Crippen LogP contribution < -0.4 is 0 Å². The van der Waals surface area contributed by atoms with Crippen LogP contribution in [0.15, 0.2) is 18.5 Å². The van der Waals surface area contributed by atoms with Crippen LogP contribution in [0, 0.1) is 0 Å². The number of halogens is 4. The summed E-state index contributed by atoms with van der Waals surface area (Å²) in [6.45, 7) is 0. The number of rotatable bonds is 1. The number of hydrogen-bond acceptors (Lipinski definition) is 2. The summed E-state index contributed by atoms with van der Waals surface area (Å²) in [5, 5.41) is 8.77. The van der Waals surface area contributed by atoms with E-state index in [0.29, 0.717) is 6.20 Å². The fourth-order valence-electron chi connectivity index (χ4n) is 0.743. The Morgan fingerprint density at radius 1 is 1.38 bits per heavy atom. The Morgan fingerprint density at radius 2 is 2.00 bits per heavy atom. The molecule has 6 heteroatoms. The standard InChI is InChI=1S/C7H5ClF3NO/c8-6(13)4-1-5(3-12-2-4)7(9,10)11/h1-3,6,13H. The summed E-state index contributed by atoms with van der Waals surface area (Å²) in [7, 11) is 0. The van der Waals surface area contributed by atoms with Crippen molar-refractivity contribution in [1.29, 1.82) is 0 Å². The summed E-state index contributed by atoms with van der Waals surface area (Å²) in [4.78, 5) is 3.31. The smallest absolute Gasteiger partial charge is 0.373 e. The third kappa shape index (κ3) is 2.57. The van der Waals surface area contributed by atoms with Gasteiger partial charge < -0.3 is 5.11 Å². The summed E-state index contributed by atoms with van der Waals surface area (Å²) in [6.07, 6.45) is -2.72. The summed E-state index contributed by atoms with van der Waals surface area (Å²) in [6, 6.07) is 0.755. The molecule has 0 aliphatic carbocycles. The van der Waals surface area contributed by atoms with Crippen LogP contribution in [-0.2, 0) is 6.18 Å². The Bertz CT molecular complexity index is 300. The average Bonchev–Trinajstić information content (AvgIpc) is 2.03. The molecule has 1 aromatic rings. The van der Waals surface area contributed by atoms with E-state index >= 15 is 0 Å². The molecule has 0 bridgehead atoms. The van der Waals surface area contributed by atoms with E-state index in [9.17, 15) is 13.2 Å². The zero-order valence-electron chi connectivity index (χ0n) is 6.22. The molecular weight excluding hydrogens is 207 g/mol. The molecule has 0 fully saturated rings. The lowest BCUT2D eigenvalue weighted by Gasteiger charge is -2.08. The molecule has 0 amide bonds. The molecule has 0 spiro atoms. The maximum atomic E-state index is 12.1. The van der Waals surface area contributed by atoms with Gasteiger partial charge >= 0.3 is 6.18 Å². The van der Waals surface area contributed by atoms with Crippen LogP contribution in [0.2, 0.25) is 0 Å². The third-order valence-corrected chi connectivity index (χ3v) is 1.61. The number of aliphatic hydroxyl groups excluding tert-OH is 1. The van der Waals surface area contributed by atoms with E-state index in [1.165, 1.54) is 0 Å². The van der Waals surface area contributed by atoms with Crippen molar-refractivity contribution in [3.8, 4) is 0 Å². The predicted octanol–water partition coefficient (Wildman–Crippen LogP) is 2.33. The minimum absolute atomic E-state index is 0.0727. The summed E-state index contributed by atoms with van der Waals surface area (Å²) < 4.78 is 36.2. The molecule has 0 aliphatic heterocycles. The van der Waals surface area contributed by atoms with Crippen LogP contribution in [0.1, 0.15) is 16.7 Å². The molecule has 13 heavy (non-hydrogen) atoms. The summed E-state index contributed by atoms with van der Waals surface area (Å²) in [5.74, 6) is 0. The maximum absolute atomic E-state index is 12.1. The van der Waals surface area contributed by atoms with Gasteiger partial charge in [-0.25, -0.2) is 0 Å². The molecule has 1 N–H and O–H groups in total. The van der Waals surface area contributed by atoms with Gasteiger partial charge in [0.2, 0.25) is 0 Å². The topological polar surface area (TPSA) is 33.1 Å². The first kappa shape index (κ1) is 10.3. The van der Waals surface area contributed by atoms with E-state index in [-0.39, 0.29) is 5.56 Å². The van der Waals surface area contributed by atoms with Gasteiger partial charge in [-0.2, -0.15) is 13.2 Å². The van der Waals surface area contributed by atoms with Crippen molar-refractivity contribution in [2.45, 2.75) is 11.7 Å². The normalized spacial score (nSPS) is 14.2. The van der Waals surface area contributed by atoms with E-state index in [1.54, 1.807) is 0 Å². The van der Waals surface area contributed by atoms with Gasteiger partial charge in [-0.15, -0.1) is 0 Å². The molecule has 0 aliphatic rings. The zero-order chi connectivity index (χ0) is 10.1. The number of nitrogens with zero attached hydrogens (tertiary/aromatic N) is 1. The van der Waals surface area contributed by atoms with Gasteiger partial charge in [-0.1, -0.05) is 11.6 Å². The second-order valence-electron chi connectivity index (χ2n) is 2.34. The van der Waals surface area contributed by atoms with Gasteiger partial charge in [-0.3, -0.25) is 4.98 Å². The second-order valence-corrected chi connectivity index (χ2v) is 2.75. The first-order chi connectivity index (χ1) is 5.91. The summed E-state index contributed by atoms with van der Waals surface area (Å²) in [5.41, 5.74) is -2.46. The zero-order valence-corrected chi connectivity index (χ0v) is 6.97. The lowest BCUT2D eigenvalue weighted by atomic mass is 10.2. The van der Waals surface area contributed by atoms with E-state index in [4.69, 9.17) is 16.7 Å². The van der Waals surface area contributed by atoms with Gasteiger partial charge in [0.25, 0.3) is 0 Å². The molecule has 0 saturated heterocycles. The highest BCUT2D eigenvalue weighted by molar-refractivity contribution is 6.19. The van der Waals surface area contributed by atoms with Crippen LogP contribution in [0.4, 0.5) is 13.2 Å². The summed E-state index contributed by atoms with van der Waals surface area (Å²) >= 11 is 5.17. The van der Waals surface area contributed by atoms with E-state index < -0.39 is 17.3 Å². The highest BCUT2D eigenvalue weighted by Gasteiger charge is 2.31. The SMILES string of the molecule is OC(Cl)c1cncc(C(F)(F)F)c1. The molecule has 0 radical (unpaired) electrons. The Balaban J connectivity index is 3.06. The lowest BCUT2D eigenvalue weighted by Crippen LogP contribution is -2.06. The van der Waals surface area contributed by atoms with Gasteiger partial charge in [0.1, 0.15) is 0 Å². The number of alkyl halides is 4. The molecule has 1 atom stereocenters. The van der Waals surface area contributed by atoms with Crippen molar-refractivity contribution in [1.82, 2.24) is 4.98 Å². The van der Waals surface area contributed by atoms with Crippen LogP contribution in [0.3, 0.4) is 0 Å². The van der Waals surface area contributed by atoms with Gasteiger partial charge in [0, 0.05) is 18.0 Å². The fourth-order valence-corrected chi connectivity index (χ4v) is 0.862. The number of aromatic nitrogens is 1. The maximum Gasteiger partial charge on any atom is 0.417 e. The molecule has 72 valence electrons. The van der Waals surface area contributed by atoms with Crippen LogP contribution in [-0.4, -0.2) is 10.1 Å². The number of hydrogen-bond donors (Lipinski definition) is 1. The fraction of sp³-hybridized carbons (Fsp3) is 0.286. The van der Waals surface area contributed by atoms with Gasteiger partial charge in [0.15, 0.2) is 5.56 Å². The van der Waals surface area contributed by atoms with E-state index in [2.05, 4.69) is 4.98 Å². The van der Waals surface area contributed by atoms with Crippen molar-refractivity contribution in [2.24, 2.45) is 0 Å². The lowest BCUT2D eigenvalue weighted by molar-refractivity contribution is -0.137. The minimum Gasteiger partial charge on any atom is -0.373 e. The van der Waals surface area contributed by atoms with Crippen LogP contribution in [0.25, 0.3) is 0 Å². The monoisotopic (exact) mass is 211 g/mol. The first-order valence-electron chi connectivity index (χ1n) is 3.25. The van der Waals surface area contributed by atoms with Crippen molar-refractivity contribution < 1.29 is 18.3 Å². The molecule has 1 rings (SSSR count). The van der Waals surface area contributed by atoms with Crippen molar-refractivity contribution in [3.05, 3.63) is 29.6 Å². The van der Waals surface area contributed by atoms with Crippen LogP contribution in [0.5, 0.6) is 0 Å². The Labute approximate surface area is 77.0 Å². The Kier molecular flexibility index (Phi) is 2.77. The third-order valence-electron chi connectivity index (χ3n) is 1.36. The van der Waals surface area contributed by atoms with Gasteiger partial charge in [-0.05, 0) is 6.07 Å². The average molecular weight is 212 g/mol. The van der Waals surface area contributed by atoms with Crippen molar-refractivity contribution in [3.63, 3.8) is 0 Å². The molecule has 1 unspecified atom stereocenters. The largest absolute Gasteiger partial charge is 0.417 e. The molecule has 0 aromatic carbocycles. The number of aliphatic hydroxyl groups is 1. The van der Waals surface area contributed by atoms with E-state index in [0.717, 1.165) is 12.3 Å². The molecular formula is C7H5ClF3NO. The van der Waals surface area contributed by atoms with Crippen molar-refractivity contribution >= 4 is 11.6 Å². The minimum atomic E-state index is -4.46. The first-order valence-corrected chi connectivity index (χ1v) is 3.69. The highest BCUT2D eigenvalue weighted by atomic mass is 35.5. The second kappa shape index (κ2) is 3.51. The molecule has 1 aromatic heterocycles. The molecule has 2 nitrogen and oxygen atoms in total. The molecule has 0 saturated carbocycles. The molecule has 1 heterocycles. The Hall–Kier alpha value is -0.810. The van der Waals surface area contributed by atoms with E-state index in [1.807, 2.05) is 0 Å². The predicted molar refractivity (Wildman–Crippen MR) is 40.1 cm³/mol. The highest BCUT2D eigenvalue weighted by Crippen LogP contribution is 2.30. The van der Waals surface area contributed by atoms with Crippen molar-refractivity contribution in [2.75, 3.05) is 0 Å². The van der Waals surface area contributed by atoms with Crippen LogP contribution >= 0.6 is 11.6 Å². The van der Waals surface area contributed by atoms with Gasteiger partial charge in [0.05, 0.1) is 5.56 Å². The quantitative estimate of drug-likeness (QED) is 0.724. The Morgan fingerprint density at radius 3 is 2.46 bits per heavy atom.